The molecule has 136 valence electrons. The number of hydrogen-bond donors (Lipinski definition) is 2. The molecule has 0 spiro atoms. The summed E-state index contributed by atoms with van der Waals surface area (Å²) in [5.41, 5.74) is 1.02. The van der Waals surface area contributed by atoms with Crippen LogP contribution in [0.3, 0.4) is 0 Å². The predicted molar refractivity (Wildman–Crippen MR) is 107 cm³/mol. The fourth-order valence-corrected chi connectivity index (χ4v) is 2.94. The van der Waals surface area contributed by atoms with Crippen LogP contribution in [0.4, 0.5) is 4.39 Å². The van der Waals surface area contributed by atoms with E-state index < -0.39 is 0 Å². The van der Waals surface area contributed by atoms with Crippen molar-refractivity contribution in [1.29, 1.82) is 0 Å². The number of hydrogen-bond acceptors (Lipinski definition) is 3. The van der Waals surface area contributed by atoms with Crippen molar-refractivity contribution in [3.8, 4) is 0 Å². The highest BCUT2D eigenvalue weighted by Gasteiger charge is 2.20. The van der Waals surface area contributed by atoms with E-state index in [1.165, 1.54) is 6.07 Å². The Morgan fingerprint density at radius 3 is 3.12 bits per heavy atom. The molecule has 1 atom stereocenters. The van der Waals surface area contributed by atoms with E-state index in [-0.39, 0.29) is 29.8 Å². The number of halogens is 2. The van der Waals surface area contributed by atoms with Gasteiger partial charge in [-0.2, -0.15) is 5.10 Å². The Balaban J connectivity index is 0.00000225. The Bertz CT molecular complexity index is 702. The summed E-state index contributed by atoms with van der Waals surface area (Å²) in [6.07, 6.45) is 5.31. The maximum absolute atomic E-state index is 13.1. The van der Waals surface area contributed by atoms with Crippen molar-refractivity contribution in [2.24, 2.45) is 4.99 Å². The molecule has 2 aromatic rings. The van der Waals surface area contributed by atoms with Gasteiger partial charge in [-0.3, -0.25) is 4.99 Å². The van der Waals surface area contributed by atoms with Crippen molar-refractivity contribution in [3.63, 3.8) is 0 Å². The van der Waals surface area contributed by atoms with Crippen molar-refractivity contribution in [2.45, 2.75) is 38.3 Å². The third-order valence-corrected chi connectivity index (χ3v) is 4.19. The first-order chi connectivity index (χ1) is 11.7. The molecule has 25 heavy (non-hydrogen) atoms. The first-order valence-corrected chi connectivity index (χ1v) is 8.33. The van der Waals surface area contributed by atoms with Crippen molar-refractivity contribution in [2.75, 3.05) is 13.6 Å². The van der Waals surface area contributed by atoms with Gasteiger partial charge in [0.25, 0.3) is 0 Å². The lowest BCUT2D eigenvalue weighted by Gasteiger charge is -2.25. The highest BCUT2D eigenvalue weighted by molar-refractivity contribution is 14.0. The molecule has 0 saturated carbocycles. The first kappa shape index (κ1) is 19.6. The van der Waals surface area contributed by atoms with Gasteiger partial charge < -0.3 is 10.6 Å². The SMILES string of the molecule is CN=C(NCCCc1cccc(F)c1)NC1CCc2ncnn2C1.I. The van der Waals surface area contributed by atoms with E-state index in [1.807, 2.05) is 10.7 Å². The largest absolute Gasteiger partial charge is 0.356 e. The van der Waals surface area contributed by atoms with E-state index in [1.54, 1.807) is 25.5 Å². The number of nitrogens with one attached hydrogen (secondary N) is 2. The predicted octanol–water partition coefficient (Wildman–Crippen LogP) is 2.15. The minimum atomic E-state index is -0.178. The number of aryl methyl sites for hydroxylation is 2. The first-order valence-electron chi connectivity index (χ1n) is 8.33. The minimum Gasteiger partial charge on any atom is -0.356 e. The third-order valence-electron chi connectivity index (χ3n) is 4.19. The van der Waals surface area contributed by atoms with Crippen molar-refractivity contribution < 1.29 is 4.39 Å². The number of nitrogens with zero attached hydrogens (tertiary/aromatic N) is 4. The molecule has 0 bridgehead atoms. The lowest BCUT2D eigenvalue weighted by Crippen LogP contribution is -2.47. The zero-order valence-corrected chi connectivity index (χ0v) is 16.6. The molecule has 2 N–H and O–H groups in total. The molecule has 0 aliphatic carbocycles. The number of fused-ring (bicyclic) bond motifs is 1. The quantitative estimate of drug-likeness (QED) is 0.312. The molecule has 8 heteroatoms. The fraction of sp³-hybridized carbons (Fsp3) is 0.471. The van der Waals surface area contributed by atoms with Crippen molar-refractivity contribution in [1.82, 2.24) is 25.4 Å². The monoisotopic (exact) mass is 458 g/mol. The molecule has 0 fully saturated rings. The Hall–Kier alpha value is -1.71. The average molecular weight is 458 g/mol. The van der Waals surface area contributed by atoms with Gasteiger partial charge in [0.1, 0.15) is 18.0 Å². The zero-order valence-electron chi connectivity index (χ0n) is 14.3. The summed E-state index contributed by atoms with van der Waals surface area (Å²) in [6.45, 7) is 1.59. The summed E-state index contributed by atoms with van der Waals surface area (Å²) in [5, 5.41) is 11.0. The summed E-state index contributed by atoms with van der Waals surface area (Å²) in [7, 11) is 1.77. The molecular weight excluding hydrogens is 434 g/mol. The molecule has 0 radical (unpaired) electrons. The summed E-state index contributed by atoms with van der Waals surface area (Å²) in [6, 6.07) is 7.06. The van der Waals surface area contributed by atoms with Crippen molar-refractivity contribution in [3.05, 3.63) is 47.8 Å². The summed E-state index contributed by atoms with van der Waals surface area (Å²) in [5.74, 6) is 1.66. The van der Waals surface area contributed by atoms with Gasteiger partial charge in [0.2, 0.25) is 0 Å². The number of benzene rings is 1. The fourth-order valence-electron chi connectivity index (χ4n) is 2.94. The van der Waals surface area contributed by atoms with Crippen LogP contribution in [-0.2, 0) is 19.4 Å². The Morgan fingerprint density at radius 1 is 1.44 bits per heavy atom. The van der Waals surface area contributed by atoms with Gasteiger partial charge in [0.05, 0.1) is 6.54 Å². The number of guanidine groups is 1. The maximum Gasteiger partial charge on any atom is 0.191 e. The lowest BCUT2D eigenvalue weighted by molar-refractivity contribution is 0.392. The molecule has 1 unspecified atom stereocenters. The molecule has 0 amide bonds. The number of aliphatic imine (C=N–C) groups is 1. The van der Waals surface area contributed by atoms with E-state index in [2.05, 4.69) is 25.7 Å². The molecule has 1 aromatic carbocycles. The van der Waals surface area contributed by atoms with Gasteiger partial charge in [0.15, 0.2) is 5.96 Å². The number of rotatable bonds is 5. The standard InChI is InChI=1S/C17H23FN6.HI/c1-19-17(20-9-3-5-13-4-2-6-14(18)10-13)23-15-7-8-16-21-12-22-24(16)11-15;/h2,4,6,10,12,15H,3,5,7-9,11H2,1H3,(H2,19,20,23);1H. The molecule has 6 nitrogen and oxygen atoms in total. The number of aromatic nitrogens is 3. The summed E-state index contributed by atoms with van der Waals surface area (Å²) in [4.78, 5) is 8.51. The highest BCUT2D eigenvalue weighted by Crippen LogP contribution is 2.11. The second-order valence-electron chi connectivity index (χ2n) is 5.97. The van der Waals surface area contributed by atoms with Crippen LogP contribution >= 0.6 is 24.0 Å². The summed E-state index contributed by atoms with van der Waals surface area (Å²) >= 11 is 0. The molecular formula is C17H24FIN6. The molecule has 1 aromatic heterocycles. The van der Waals surface area contributed by atoms with Crippen LogP contribution in [0.1, 0.15) is 24.2 Å². The van der Waals surface area contributed by atoms with Gasteiger partial charge in [0, 0.05) is 26.1 Å². The summed E-state index contributed by atoms with van der Waals surface area (Å²) < 4.78 is 15.1. The molecule has 1 aliphatic heterocycles. The smallest absolute Gasteiger partial charge is 0.191 e. The maximum atomic E-state index is 13.1. The third kappa shape index (κ3) is 5.65. The van der Waals surface area contributed by atoms with E-state index in [9.17, 15) is 4.39 Å². The van der Waals surface area contributed by atoms with E-state index in [0.29, 0.717) is 6.04 Å². The van der Waals surface area contributed by atoms with Gasteiger partial charge in [-0.25, -0.2) is 14.1 Å². The molecule has 1 aliphatic rings. The Labute approximate surface area is 164 Å². The van der Waals surface area contributed by atoms with Crippen LogP contribution in [0.2, 0.25) is 0 Å². The molecule has 3 rings (SSSR count). The molecule has 2 heterocycles. The van der Waals surface area contributed by atoms with E-state index in [0.717, 1.165) is 56.1 Å². The van der Waals surface area contributed by atoms with E-state index in [4.69, 9.17) is 0 Å². The average Bonchev–Trinajstić information content (AvgIpc) is 3.05. The second kappa shape index (κ2) is 9.69. The van der Waals surface area contributed by atoms with Crippen LogP contribution in [-0.4, -0.2) is 40.4 Å². The van der Waals surface area contributed by atoms with Crippen molar-refractivity contribution >= 4 is 29.9 Å². The lowest BCUT2D eigenvalue weighted by atomic mass is 10.1. The van der Waals surface area contributed by atoms with Gasteiger partial charge in [-0.05, 0) is 37.0 Å². The van der Waals surface area contributed by atoms with Gasteiger partial charge >= 0.3 is 0 Å². The van der Waals surface area contributed by atoms with E-state index >= 15 is 0 Å². The Kier molecular flexibility index (Phi) is 7.60. The van der Waals surface area contributed by atoms with Crippen LogP contribution < -0.4 is 10.6 Å². The topological polar surface area (TPSA) is 67.1 Å². The normalized spacial score (nSPS) is 16.7. The van der Waals surface area contributed by atoms with Crippen LogP contribution in [0.5, 0.6) is 0 Å². The minimum absolute atomic E-state index is 0. The second-order valence-corrected chi connectivity index (χ2v) is 5.97. The van der Waals surface area contributed by atoms with Gasteiger partial charge in [-0.15, -0.1) is 24.0 Å². The van der Waals surface area contributed by atoms with Crippen LogP contribution in [0, 0.1) is 5.82 Å². The van der Waals surface area contributed by atoms with Crippen LogP contribution in [0.15, 0.2) is 35.6 Å². The molecule has 0 saturated heterocycles. The highest BCUT2D eigenvalue weighted by atomic mass is 127. The Morgan fingerprint density at radius 2 is 2.32 bits per heavy atom. The van der Waals surface area contributed by atoms with Crippen LogP contribution in [0.25, 0.3) is 0 Å². The zero-order chi connectivity index (χ0) is 16.8. The van der Waals surface area contributed by atoms with Gasteiger partial charge in [-0.1, -0.05) is 12.1 Å².